The lowest BCUT2D eigenvalue weighted by Crippen LogP contribution is -2.38. The molecule has 1 N–H and O–H groups in total. The first-order valence-electron chi connectivity index (χ1n) is 6.97. The maximum absolute atomic E-state index is 12.8. The maximum Gasteiger partial charge on any atom is 0.255 e. The molecule has 3 atom stereocenters. The zero-order valence-electron chi connectivity index (χ0n) is 11.7. The molecular formula is C15H19ClN2OS. The summed E-state index contributed by atoms with van der Waals surface area (Å²) in [4.78, 5) is 15.9. The van der Waals surface area contributed by atoms with E-state index < -0.39 is 0 Å². The van der Waals surface area contributed by atoms with E-state index >= 15 is 0 Å². The Morgan fingerprint density at radius 2 is 2.25 bits per heavy atom. The molecule has 5 heteroatoms. The Labute approximate surface area is 129 Å². The van der Waals surface area contributed by atoms with Crippen LogP contribution in [0.2, 0.25) is 5.02 Å². The van der Waals surface area contributed by atoms with E-state index in [1.54, 1.807) is 11.8 Å². The van der Waals surface area contributed by atoms with Gasteiger partial charge in [-0.05, 0) is 43.2 Å². The number of hydrogen-bond acceptors (Lipinski definition) is 3. The van der Waals surface area contributed by atoms with Crippen molar-refractivity contribution in [2.45, 2.75) is 17.9 Å². The molecule has 0 aliphatic carbocycles. The van der Waals surface area contributed by atoms with Crippen LogP contribution in [0.4, 0.5) is 0 Å². The van der Waals surface area contributed by atoms with Gasteiger partial charge in [0, 0.05) is 30.6 Å². The van der Waals surface area contributed by atoms with Crippen molar-refractivity contribution < 1.29 is 4.79 Å². The first-order chi connectivity index (χ1) is 9.61. The van der Waals surface area contributed by atoms with Crippen molar-refractivity contribution >= 4 is 29.3 Å². The lowest BCUT2D eigenvalue weighted by atomic mass is 9.95. The van der Waals surface area contributed by atoms with Gasteiger partial charge in [-0.15, -0.1) is 11.8 Å². The summed E-state index contributed by atoms with van der Waals surface area (Å²) in [7, 11) is 0. The molecular weight excluding hydrogens is 292 g/mol. The second-order valence-corrected chi connectivity index (χ2v) is 6.91. The Kier molecular flexibility index (Phi) is 3.98. The predicted molar refractivity (Wildman–Crippen MR) is 83.6 cm³/mol. The molecule has 108 valence electrons. The average molecular weight is 311 g/mol. The number of carbonyl (C=O) groups excluding carboxylic acids is 1. The molecule has 2 aliphatic heterocycles. The lowest BCUT2D eigenvalue weighted by molar-refractivity contribution is 0.0728. The quantitative estimate of drug-likeness (QED) is 0.853. The smallest absolute Gasteiger partial charge is 0.255 e. The topological polar surface area (TPSA) is 32.3 Å². The van der Waals surface area contributed by atoms with Crippen molar-refractivity contribution in [1.82, 2.24) is 10.2 Å². The fraction of sp³-hybridized carbons (Fsp3) is 0.533. The number of thioether (sulfide) groups is 1. The molecule has 2 fully saturated rings. The first-order valence-corrected chi connectivity index (χ1v) is 8.57. The molecule has 2 saturated heterocycles. The number of likely N-dealkylation sites (tertiary alicyclic amines) is 1. The van der Waals surface area contributed by atoms with E-state index in [4.69, 9.17) is 11.6 Å². The number of hydrogen-bond donors (Lipinski definition) is 1. The Morgan fingerprint density at radius 3 is 2.95 bits per heavy atom. The van der Waals surface area contributed by atoms with Crippen molar-refractivity contribution in [2.75, 3.05) is 25.9 Å². The third-order valence-corrected chi connectivity index (χ3v) is 5.65. The summed E-state index contributed by atoms with van der Waals surface area (Å²) in [6.45, 7) is 5.05. The van der Waals surface area contributed by atoms with Gasteiger partial charge in [0.15, 0.2) is 0 Å². The highest BCUT2D eigenvalue weighted by Gasteiger charge is 2.44. The van der Waals surface area contributed by atoms with Crippen LogP contribution >= 0.6 is 23.4 Å². The van der Waals surface area contributed by atoms with Gasteiger partial charge in [-0.3, -0.25) is 4.79 Å². The molecule has 2 aliphatic rings. The highest BCUT2D eigenvalue weighted by atomic mass is 35.5. The molecule has 2 heterocycles. The molecule has 0 aromatic heterocycles. The summed E-state index contributed by atoms with van der Waals surface area (Å²) in [6.07, 6.45) is 2.01. The van der Waals surface area contributed by atoms with E-state index in [0.717, 1.165) is 24.5 Å². The van der Waals surface area contributed by atoms with Crippen molar-refractivity contribution in [3.8, 4) is 0 Å². The van der Waals surface area contributed by atoms with Gasteiger partial charge in [0.25, 0.3) is 5.91 Å². The van der Waals surface area contributed by atoms with Crippen LogP contribution in [0.15, 0.2) is 23.1 Å². The number of halogens is 1. The normalized spacial score (nSPS) is 28.8. The number of nitrogens with one attached hydrogen (secondary N) is 1. The molecule has 0 spiro atoms. The second kappa shape index (κ2) is 5.58. The van der Waals surface area contributed by atoms with Crippen molar-refractivity contribution in [2.24, 2.45) is 11.8 Å². The van der Waals surface area contributed by atoms with Crippen molar-refractivity contribution in [3.63, 3.8) is 0 Å². The molecule has 0 saturated carbocycles. The Hall–Kier alpha value is -0.710. The summed E-state index contributed by atoms with van der Waals surface area (Å²) in [5.41, 5.74) is 0.637. The Balaban J connectivity index is 1.86. The number of nitrogens with zero attached hydrogens (tertiary/aromatic N) is 1. The van der Waals surface area contributed by atoms with E-state index in [9.17, 15) is 4.79 Å². The molecule has 0 bridgehead atoms. The highest BCUT2D eigenvalue weighted by molar-refractivity contribution is 7.98. The van der Waals surface area contributed by atoms with Gasteiger partial charge in [-0.2, -0.15) is 0 Å². The number of rotatable bonds is 2. The van der Waals surface area contributed by atoms with E-state index in [2.05, 4.69) is 12.2 Å². The van der Waals surface area contributed by atoms with Gasteiger partial charge in [-0.1, -0.05) is 11.6 Å². The third kappa shape index (κ3) is 2.34. The maximum atomic E-state index is 12.8. The molecule has 20 heavy (non-hydrogen) atoms. The van der Waals surface area contributed by atoms with Crippen LogP contribution in [-0.4, -0.2) is 42.7 Å². The van der Waals surface area contributed by atoms with Crippen LogP contribution in [0.3, 0.4) is 0 Å². The lowest BCUT2D eigenvalue weighted by Gasteiger charge is -2.25. The fourth-order valence-corrected chi connectivity index (χ4v) is 4.02. The summed E-state index contributed by atoms with van der Waals surface area (Å²) in [6, 6.07) is 5.98. The molecule has 3 unspecified atom stereocenters. The number of benzene rings is 1. The molecule has 1 amide bonds. The second-order valence-electron chi connectivity index (χ2n) is 5.63. The number of amides is 1. The van der Waals surface area contributed by atoms with Gasteiger partial charge < -0.3 is 10.2 Å². The molecule has 0 radical (unpaired) electrons. The predicted octanol–water partition coefficient (Wildman–Crippen LogP) is 2.74. The first kappa shape index (κ1) is 14.2. The van der Waals surface area contributed by atoms with Gasteiger partial charge in [-0.25, -0.2) is 0 Å². The minimum absolute atomic E-state index is 0.0767. The summed E-state index contributed by atoms with van der Waals surface area (Å²) in [5.74, 6) is 1.26. The average Bonchev–Trinajstić information content (AvgIpc) is 3.02. The van der Waals surface area contributed by atoms with Crippen LogP contribution in [0, 0.1) is 11.8 Å². The molecule has 1 aromatic carbocycles. The minimum atomic E-state index is 0.0767. The minimum Gasteiger partial charge on any atom is -0.335 e. The zero-order valence-corrected chi connectivity index (χ0v) is 13.3. The number of carbonyl (C=O) groups is 1. The Bertz CT molecular complexity index is 537. The van der Waals surface area contributed by atoms with Crippen LogP contribution in [-0.2, 0) is 0 Å². The van der Waals surface area contributed by atoms with Crippen LogP contribution in [0.25, 0.3) is 0 Å². The Morgan fingerprint density at radius 1 is 1.45 bits per heavy atom. The van der Waals surface area contributed by atoms with Gasteiger partial charge in [0.05, 0.1) is 10.6 Å². The molecule has 1 aromatic rings. The third-order valence-electron chi connectivity index (χ3n) is 4.60. The summed E-state index contributed by atoms with van der Waals surface area (Å²) >= 11 is 7.86. The van der Waals surface area contributed by atoms with Gasteiger partial charge in [0.1, 0.15) is 0 Å². The molecule has 3 nitrogen and oxygen atoms in total. The largest absolute Gasteiger partial charge is 0.335 e. The van der Waals surface area contributed by atoms with Crippen LogP contribution in [0.5, 0.6) is 0 Å². The standard InChI is InChI=1S/C15H19ClN2OS/c1-9-13-7-17-6-10(13)8-18(9)15(19)12-5-11(20-2)3-4-14(12)16/h3-5,9-10,13,17H,6-8H2,1-2H3. The van der Waals surface area contributed by atoms with E-state index in [1.807, 2.05) is 29.4 Å². The van der Waals surface area contributed by atoms with Crippen LogP contribution in [0.1, 0.15) is 17.3 Å². The van der Waals surface area contributed by atoms with E-state index in [1.165, 1.54) is 0 Å². The van der Waals surface area contributed by atoms with Crippen LogP contribution < -0.4 is 5.32 Å². The van der Waals surface area contributed by atoms with Crippen molar-refractivity contribution in [1.29, 1.82) is 0 Å². The number of fused-ring (bicyclic) bond motifs is 1. The summed E-state index contributed by atoms with van der Waals surface area (Å²) < 4.78 is 0. The highest BCUT2D eigenvalue weighted by Crippen LogP contribution is 2.34. The van der Waals surface area contributed by atoms with Gasteiger partial charge in [0.2, 0.25) is 0 Å². The van der Waals surface area contributed by atoms with E-state index in [-0.39, 0.29) is 11.9 Å². The van der Waals surface area contributed by atoms with Gasteiger partial charge >= 0.3 is 0 Å². The zero-order chi connectivity index (χ0) is 14.3. The SMILES string of the molecule is CSc1ccc(Cl)c(C(=O)N2CC3CNCC3C2C)c1. The van der Waals surface area contributed by atoms with E-state index in [0.29, 0.717) is 22.4 Å². The summed E-state index contributed by atoms with van der Waals surface area (Å²) in [5, 5.41) is 3.97. The van der Waals surface area contributed by atoms with Crippen molar-refractivity contribution in [3.05, 3.63) is 28.8 Å². The molecule has 3 rings (SSSR count). The fourth-order valence-electron chi connectivity index (χ4n) is 3.39. The monoisotopic (exact) mass is 310 g/mol.